The Labute approximate surface area is 198 Å². The number of carboxylic acid groups (broad SMARTS) is 1. The number of hydrogen-bond donors (Lipinski definition) is 3. The number of amides is 2. The maximum atomic E-state index is 13.0. The van der Waals surface area contributed by atoms with Crippen LogP contribution in [-0.4, -0.2) is 55.0 Å². The first-order valence-corrected chi connectivity index (χ1v) is 11.6. The van der Waals surface area contributed by atoms with Gasteiger partial charge in [-0.25, -0.2) is 9.59 Å². The van der Waals surface area contributed by atoms with E-state index in [1.165, 1.54) is 7.11 Å². The Morgan fingerprint density at radius 3 is 2.18 bits per heavy atom. The Hall–Kier alpha value is -3.39. The summed E-state index contributed by atoms with van der Waals surface area (Å²) in [6.07, 6.45) is 1.16. The quantitative estimate of drug-likeness (QED) is 0.522. The Balaban J connectivity index is 1.37. The average molecular weight is 467 g/mol. The van der Waals surface area contributed by atoms with Crippen molar-refractivity contribution in [3.63, 3.8) is 0 Å². The fourth-order valence-electron chi connectivity index (χ4n) is 5.05. The summed E-state index contributed by atoms with van der Waals surface area (Å²) in [6, 6.07) is 16.2. The lowest BCUT2D eigenvalue weighted by Crippen LogP contribution is -2.57. The van der Waals surface area contributed by atoms with Gasteiger partial charge in [0.25, 0.3) is 0 Å². The van der Waals surface area contributed by atoms with E-state index in [1.807, 2.05) is 24.3 Å². The summed E-state index contributed by atoms with van der Waals surface area (Å²) in [4.78, 5) is 36.9. The van der Waals surface area contributed by atoms with Crippen LogP contribution in [0.15, 0.2) is 48.5 Å². The molecule has 4 rings (SSSR count). The number of nitrogens with one attached hydrogen (secondary N) is 2. The Kier molecular flexibility index (Phi) is 7.17. The zero-order valence-corrected chi connectivity index (χ0v) is 19.2. The molecule has 1 fully saturated rings. The van der Waals surface area contributed by atoms with E-state index in [-0.39, 0.29) is 31.4 Å². The predicted molar refractivity (Wildman–Crippen MR) is 125 cm³/mol. The number of aliphatic carboxylic acids is 1. The zero-order valence-electron chi connectivity index (χ0n) is 19.2. The summed E-state index contributed by atoms with van der Waals surface area (Å²) in [7, 11) is 1.32. The summed E-state index contributed by atoms with van der Waals surface area (Å²) in [5.41, 5.74) is 3.49. The molecule has 0 aromatic heterocycles. The van der Waals surface area contributed by atoms with E-state index < -0.39 is 23.7 Å². The number of ether oxygens (including phenoxy) is 2. The maximum Gasteiger partial charge on any atom is 0.408 e. The molecule has 1 atom stereocenters. The Morgan fingerprint density at radius 1 is 1.03 bits per heavy atom. The van der Waals surface area contributed by atoms with Crippen LogP contribution in [0.2, 0.25) is 0 Å². The van der Waals surface area contributed by atoms with Crippen molar-refractivity contribution in [1.82, 2.24) is 10.6 Å². The third-order valence-electron chi connectivity index (χ3n) is 6.83. The van der Waals surface area contributed by atoms with Gasteiger partial charge in [-0.05, 0) is 35.1 Å². The number of carbonyl (C=O) groups is 3. The van der Waals surface area contributed by atoms with Crippen molar-refractivity contribution in [3.8, 4) is 11.1 Å². The second-order valence-corrected chi connectivity index (χ2v) is 8.85. The lowest BCUT2D eigenvalue weighted by atomic mass is 9.96. The molecule has 2 aromatic rings. The van der Waals surface area contributed by atoms with Gasteiger partial charge in [-0.1, -0.05) is 61.4 Å². The monoisotopic (exact) mass is 466 g/mol. The van der Waals surface area contributed by atoms with Crippen molar-refractivity contribution in [3.05, 3.63) is 59.7 Å². The number of carboxylic acids is 1. The standard InChI is InChI=1S/C26H30N2O6/c1-33-22(23(29)30)12-15-27-24(31)26(13-6-7-14-26)28-25(32)34-16-21-19-10-4-2-8-17(19)18-9-3-5-11-20(18)21/h2-5,8-11,21-22H,6-7,12-16H2,1H3,(H,27,31)(H,28,32)(H,29,30). The molecule has 34 heavy (non-hydrogen) atoms. The van der Waals surface area contributed by atoms with Gasteiger partial charge < -0.3 is 25.2 Å². The van der Waals surface area contributed by atoms with Gasteiger partial charge in [0.15, 0.2) is 6.10 Å². The molecule has 0 saturated heterocycles. The predicted octanol–water partition coefficient (Wildman–Crippen LogP) is 3.44. The van der Waals surface area contributed by atoms with Crippen molar-refractivity contribution in [2.45, 2.75) is 49.7 Å². The minimum Gasteiger partial charge on any atom is -0.479 e. The van der Waals surface area contributed by atoms with E-state index in [9.17, 15) is 14.4 Å². The van der Waals surface area contributed by atoms with Crippen molar-refractivity contribution < 1.29 is 29.0 Å². The van der Waals surface area contributed by atoms with E-state index in [1.54, 1.807) is 0 Å². The number of hydrogen-bond acceptors (Lipinski definition) is 5. The Morgan fingerprint density at radius 2 is 1.62 bits per heavy atom. The molecule has 2 amide bonds. The molecular weight excluding hydrogens is 436 g/mol. The van der Waals surface area contributed by atoms with Gasteiger partial charge in [0, 0.05) is 26.0 Å². The lowest BCUT2D eigenvalue weighted by molar-refractivity contribution is -0.149. The van der Waals surface area contributed by atoms with E-state index in [0.717, 1.165) is 35.1 Å². The van der Waals surface area contributed by atoms with Crippen LogP contribution in [-0.2, 0) is 19.1 Å². The summed E-state index contributed by atoms with van der Waals surface area (Å²) < 4.78 is 10.5. The SMILES string of the molecule is COC(CCNC(=O)C1(NC(=O)OCC2c3ccccc3-c3ccccc32)CCCC1)C(=O)O. The largest absolute Gasteiger partial charge is 0.479 e. The highest BCUT2D eigenvalue weighted by atomic mass is 16.5. The van der Waals surface area contributed by atoms with Crippen molar-refractivity contribution in [2.24, 2.45) is 0 Å². The van der Waals surface area contributed by atoms with Gasteiger partial charge in [-0.15, -0.1) is 0 Å². The molecule has 2 aromatic carbocycles. The molecule has 0 heterocycles. The summed E-state index contributed by atoms with van der Waals surface area (Å²) in [5.74, 6) is -1.46. The van der Waals surface area contributed by atoms with E-state index in [2.05, 4.69) is 34.9 Å². The van der Waals surface area contributed by atoms with E-state index >= 15 is 0 Å². The highest BCUT2D eigenvalue weighted by molar-refractivity contribution is 5.90. The number of rotatable bonds is 9. The normalized spacial score (nSPS) is 16.9. The molecule has 8 heteroatoms. The first kappa shape index (κ1) is 23.8. The highest BCUT2D eigenvalue weighted by Crippen LogP contribution is 2.44. The molecule has 2 aliphatic rings. The first-order chi connectivity index (χ1) is 16.4. The van der Waals surface area contributed by atoms with Gasteiger partial charge in [0.2, 0.25) is 5.91 Å². The van der Waals surface area contributed by atoms with Crippen LogP contribution < -0.4 is 10.6 Å². The number of fused-ring (bicyclic) bond motifs is 3. The van der Waals surface area contributed by atoms with Crippen molar-refractivity contribution >= 4 is 18.0 Å². The van der Waals surface area contributed by atoms with Crippen LogP contribution in [0, 0.1) is 0 Å². The number of benzene rings is 2. The van der Waals surface area contributed by atoms with Crippen molar-refractivity contribution in [1.29, 1.82) is 0 Å². The molecule has 1 unspecified atom stereocenters. The molecule has 0 bridgehead atoms. The topological polar surface area (TPSA) is 114 Å². The summed E-state index contributed by atoms with van der Waals surface area (Å²) in [6.45, 7) is 0.309. The maximum absolute atomic E-state index is 13.0. The fraction of sp³-hybridized carbons (Fsp3) is 0.423. The molecular formula is C26H30N2O6. The van der Waals surface area contributed by atoms with Gasteiger partial charge in [0.1, 0.15) is 12.1 Å². The zero-order chi connectivity index (χ0) is 24.1. The minimum atomic E-state index is -1.08. The fourth-order valence-corrected chi connectivity index (χ4v) is 5.05. The van der Waals surface area contributed by atoms with Gasteiger partial charge in [0.05, 0.1) is 0 Å². The average Bonchev–Trinajstić information content (AvgIpc) is 3.44. The second-order valence-electron chi connectivity index (χ2n) is 8.85. The number of carbonyl (C=O) groups excluding carboxylic acids is 2. The van der Waals surface area contributed by atoms with Gasteiger partial charge >= 0.3 is 12.1 Å². The molecule has 0 aliphatic heterocycles. The minimum absolute atomic E-state index is 0.0616. The second kappa shape index (κ2) is 10.3. The third kappa shape index (κ3) is 4.77. The lowest BCUT2D eigenvalue weighted by Gasteiger charge is -2.29. The van der Waals surface area contributed by atoms with Crippen LogP contribution in [0.4, 0.5) is 4.79 Å². The van der Waals surface area contributed by atoms with E-state index in [4.69, 9.17) is 14.6 Å². The first-order valence-electron chi connectivity index (χ1n) is 11.6. The molecule has 180 valence electrons. The van der Waals surface area contributed by atoms with Crippen molar-refractivity contribution in [2.75, 3.05) is 20.3 Å². The molecule has 0 radical (unpaired) electrons. The molecule has 0 spiro atoms. The number of alkyl carbamates (subject to hydrolysis) is 1. The van der Waals surface area contributed by atoms with E-state index in [0.29, 0.717) is 12.8 Å². The number of methoxy groups -OCH3 is 1. The van der Waals surface area contributed by atoms with Crippen LogP contribution in [0.25, 0.3) is 11.1 Å². The summed E-state index contributed by atoms with van der Waals surface area (Å²) in [5, 5.41) is 14.7. The molecule has 1 saturated carbocycles. The van der Waals surface area contributed by atoms with Crippen LogP contribution in [0.1, 0.15) is 49.1 Å². The third-order valence-corrected chi connectivity index (χ3v) is 6.83. The van der Waals surface area contributed by atoms with Crippen LogP contribution in [0.5, 0.6) is 0 Å². The smallest absolute Gasteiger partial charge is 0.408 e. The molecule has 8 nitrogen and oxygen atoms in total. The van der Waals surface area contributed by atoms with Gasteiger partial charge in [-0.3, -0.25) is 4.79 Å². The van der Waals surface area contributed by atoms with Gasteiger partial charge in [-0.2, -0.15) is 0 Å². The molecule has 2 aliphatic carbocycles. The van der Waals surface area contributed by atoms with Crippen LogP contribution in [0.3, 0.4) is 0 Å². The van der Waals surface area contributed by atoms with Crippen LogP contribution >= 0.6 is 0 Å². The Bertz CT molecular complexity index is 1020. The summed E-state index contributed by atoms with van der Waals surface area (Å²) >= 11 is 0. The molecule has 3 N–H and O–H groups in total. The highest BCUT2D eigenvalue weighted by Gasteiger charge is 2.43.